The van der Waals surface area contributed by atoms with Gasteiger partial charge in [0, 0.05) is 24.4 Å². The fourth-order valence-electron chi connectivity index (χ4n) is 2.96. The number of rotatable bonds is 8. The van der Waals surface area contributed by atoms with E-state index in [0.29, 0.717) is 18.8 Å². The number of ether oxygens (including phenoxy) is 2. The third-order valence-electron chi connectivity index (χ3n) is 4.54. The number of hydrogen-bond acceptors (Lipinski definition) is 7. The second-order valence-electron chi connectivity index (χ2n) is 7.28. The summed E-state index contributed by atoms with van der Waals surface area (Å²) in [7, 11) is 1.25. The number of anilines is 1. The summed E-state index contributed by atoms with van der Waals surface area (Å²) < 4.78 is 55.3. The van der Waals surface area contributed by atoms with Crippen LogP contribution in [0.4, 0.5) is 18.9 Å². The van der Waals surface area contributed by atoms with Gasteiger partial charge in [0.25, 0.3) is 0 Å². The number of nitrogens with zero attached hydrogens (tertiary/aromatic N) is 3. The molecule has 1 atom stereocenters. The third kappa shape index (κ3) is 5.36. The molecule has 3 rings (SSSR count). The van der Waals surface area contributed by atoms with E-state index in [1.807, 2.05) is 13.8 Å². The van der Waals surface area contributed by atoms with Gasteiger partial charge in [-0.2, -0.15) is 5.10 Å². The van der Waals surface area contributed by atoms with E-state index in [2.05, 4.69) is 20.7 Å². The number of nitrogens with one attached hydrogen (secondary N) is 2. The topological polar surface area (TPSA) is 98.7 Å². The molecule has 4 N–H and O–H groups in total. The molecule has 8 nitrogen and oxygen atoms in total. The minimum absolute atomic E-state index is 0.102. The van der Waals surface area contributed by atoms with E-state index in [1.54, 1.807) is 17.1 Å². The Kier molecular flexibility index (Phi) is 6.86. The van der Waals surface area contributed by atoms with Crippen LogP contribution in [0.25, 0.3) is 0 Å². The van der Waals surface area contributed by atoms with E-state index in [9.17, 15) is 13.2 Å². The first kappa shape index (κ1) is 22.6. The highest BCUT2D eigenvalue weighted by atomic mass is 19.1. The number of aliphatic imine (C=N–C) groups is 1. The maximum Gasteiger partial charge on any atom is 0.202 e. The fourth-order valence-corrected chi connectivity index (χ4v) is 2.96. The minimum atomic E-state index is -2.01. The Balaban J connectivity index is 1.75. The van der Waals surface area contributed by atoms with Crippen LogP contribution in [-0.2, 0) is 17.7 Å². The van der Waals surface area contributed by atoms with E-state index in [-0.39, 0.29) is 17.8 Å². The molecule has 0 spiro atoms. The first-order valence-corrected chi connectivity index (χ1v) is 9.65. The summed E-state index contributed by atoms with van der Waals surface area (Å²) in [4.78, 5) is 4.11. The van der Waals surface area contributed by atoms with Gasteiger partial charge in [0.2, 0.25) is 5.96 Å². The Bertz CT molecular complexity index is 991. The van der Waals surface area contributed by atoms with Gasteiger partial charge < -0.3 is 25.8 Å². The highest BCUT2D eigenvalue weighted by Crippen LogP contribution is 2.30. The summed E-state index contributed by atoms with van der Waals surface area (Å²) >= 11 is 0. The van der Waals surface area contributed by atoms with Crippen molar-refractivity contribution in [3.63, 3.8) is 0 Å². The summed E-state index contributed by atoms with van der Waals surface area (Å²) in [5, 5.41) is 9.75. The van der Waals surface area contributed by atoms with Crippen molar-refractivity contribution in [2.24, 2.45) is 10.7 Å². The van der Waals surface area contributed by atoms with Crippen molar-refractivity contribution >= 4 is 11.6 Å². The first-order valence-electron chi connectivity index (χ1n) is 9.65. The SMILES string of the molecule is COc1ccc(F)c(CC2(N)N=C(Nc3cnn(CCOC(C)C)c3)NC=C2F)c1F. The summed E-state index contributed by atoms with van der Waals surface area (Å²) in [6.07, 6.45) is 3.82. The smallest absolute Gasteiger partial charge is 0.202 e. The second kappa shape index (κ2) is 9.40. The van der Waals surface area contributed by atoms with Gasteiger partial charge in [0.05, 0.1) is 38.2 Å². The average Bonchev–Trinajstić information content (AvgIpc) is 3.15. The molecule has 11 heteroatoms. The molecule has 168 valence electrons. The molecule has 2 heterocycles. The molecule has 0 aliphatic carbocycles. The first-order chi connectivity index (χ1) is 14.7. The van der Waals surface area contributed by atoms with Crippen molar-refractivity contribution in [3.05, 3.63) is 53.8 Å². The van der Waals surface area contributed by atoms with Crippen molar-refractivity contribution in [2.45, 2.75) is 38.6 Å². The van der Waals surface area contributed by atoms with Gasteiger partial charge in [-0.1, -0.05) is 0 Å². The van der Waals surface area contributed by atoms with Gasteiger partial charge >= 0.3 is 0 Å². The molecule has 0 radical (unpaired) electrons. The third-order valence-corrected chi connectivity index (χ3v) is 4.54. The lowest BCUT2D eigenvalue weighted by Gasteiger charge is -2.29. The van der Waals surface area contributed by atoms with Crippen LogP contribution in [0.3, 0.4) is 0 Å². The number of halogens is 3. The number of guanidine groups is 1. The molecule has 31 heavy (non-hydrogen) atoms. The van der Waals surface area contributed by atoms with Crippen LogP contribution in [0.2, 0.25) is 0 Å². The van der Waals surface area contributed by atoms with Crippen LogP contribution in [0, 0.1) is 11.6 Å². The molecule has 0 amide bonds. The monoisotopic (exact) mass is 438 g/mol. The van der Waals surface area contributed by atoms with E-state index in [4.69, 9.17) is 15.2 Å². The van der Waals surface area contributed by atoms with Gasteiger partial charge in [0.15, 0.2) is 23.1 Å². The van der Waals surface area contributed by atoms with Gasteiger partial charge in [-0.15, -0.1) is 0 Å². The molecule has 2 aromatic rings. The predicted molar refractivity (Wildman–Crippen MR) is 110 cm³/mol. The molecule has 1 aromatic heterocycles. The number of nitrogens with two attached hydrogens (primary N) is 1. The lowest BCUT2D eigenvalue weighted by Crippen LogP contribution is -2.48. The number of hydrogen-bond donors (Lipinski definition) is 3. The quantitative estimate of drug-likeness (QED) is 0.586. The highest BCUT2D eigenvalue weighted by Gasteiger charge is 2.36. The Labute approximate surface area is 177 Å². The predicted octanol–water partition coefficient (Wildman–Crippen LogP) is 2.67. The fraction of sp³-hybridized carbons (Fsp3) is 0.400. The molecule has 0 saturated carbocycles. The number of benzene rings is 1. The Morgan fingerprint density at radius 1 is 1.29 bits per heavy atom. The van der Waals surface area contributed by atoms with E-state index >= 15 is 0 Å². The molecule has 0 fully saturated rings. The summed E-state index contributed by atoms with van der Waals surface area (Å²) in [5.41, 5.74) is 4.21. The second-order valence-corrected chi connectivity index (χ2v) is 7.28. The van der Waals surface area contributed by atoms with Crippen LogP contribution in [0.1, 0.15) is 19.4 Å². The highest BCUT2D eigenvalue weighted by molar-refractivity contribution is 5.95. The lowest BCUT2D eigenvalue weighted by molar-refractivity contribution is 0.0710. The molecular weight excluding hydrogens is 413 g/mol. The standard InChI is InChI=1S/C20H25F3N6O2/c1-12(2)31-7-6-29-11-13(9-26-29)27-19-25-10-17(22)20(24,28-19)8-14-15(21)4-5-16(30-3)18(14)23/h4-5,9-12H,6-8,24H2,1-3H3,(H2,25,27,28). The summed E-state index contributed by atoms with van der Waals surface area (Å²) in [6, 6.07) is 2.18. The molecule has 1 unspecified atom stereocenters. The summed E-state index contributed by atoms with van der Waals surface area (Å²) in [5.74, 6) is -2.77. The molecule has 1 aliphatic rings. The Morgan fingerprint density at radius 3 is 2.77 bits per heavy atom. The van der Waals surface area contributed by atoms with E-state index < -0.39 is 35.1 Å². The number of methoxy groups -OCH3 is 1. The van der Waals surface area contributed by atoms with Gasteiger partial charge in [0.1, 0.15) is 5.82 Å². The molecule has 1 aromatic carbocycles. The van der Waals surface area contributed by atoms with Crippen molar-refractivity contribution in [2.75, 3.05) is 19.0 Å². The van der Waals surface area contributed by atoms with Crippen LogP contribution in [0.5, 0.6) is 5.75 Å². The molecular formula is C20H25F3N6O2. The van der Waals surface area contributed by atoms with Crippen LogP contribution >= 0.6 is 0 Å². The average molecular weight is 438 g/mol. The summed E-state index contributed by atoms with van der Waals surface area (Å²) in [6.45, 7) is 4.93. The zero-order valence-electron chi connectivity index (χ0n) is 17.5. The zero-order valence-corrected chi connectivity index (χ0v) is 17.5. The van der Waals surface area contributed by atoms with E-state index in [0.717, 1.165) is 18.3 Å². The van der Waals surface area contributed by atoms with Gasteiger partial charge in [-0.05, 0) is 26.0 Å². The van der Waals surface area contributed by atoms with Crippen molar-refractivity contribution < 1.29 is 22.6 Å². The van der Waals surface area contributed by atoms with Crippen LogP contribution in [-0.4, -0.2) is 41.2 Å². The van der Waals surface area contributed by atoms with Crippen LogP contribution < -0.4 is 21.1 Å². The van der Waals surface area contributed by atoms with Gasteiger partial charge in [-0.3, -0.25) is 4.68 Å². The number of aromatic nitrogens is 2. The molecule has 1 aliphatic heterocycles. The zero-order chi connectivity index (χ0) is 22.6. The van der Waals surface area contributed by atoms with Gasteiger partial charge in [-0.25, -0.2) is 18.2 Å². The van der Waals surface area contributed by atoms with Crippen molar-refractivity contribution in [3.8, 4) is 5.75 Å². The van der Waals surface area contributed by atoms with Crippen molar-refractivity contribution in [1.29, 1.82) is 0 Å². The lowest BCUT2D eigenvalue weighted by atomic mass is 9.98. The molecule has 0 saturated heterocycles. The van der Waals surface area contributed by atoms with Crippen molar-refractivity contribution in [1.82, 2.24) is 15.1 Å². The Morgan fingerprint density at radius 2 is 2.06 bits per heavy atom. The maximum absolute atomic E-state index is 14.5. The van der Waals surface area contributed by atoms with Crippen LogP contribution in [0.15, 0.2) is 41.5 Å². The Hall–Kier alpha value is -3.05. The minimum Gasteiger partial charge on any atom is -0.494 e. The molecule has 0 bridgehead atoms. The largest absolute Gasteiger partial charge is 0.494 e. The normalized spacial score (nSPS) is 18.5. The van der Waals surface area contributed by atoms with E-state index in [1.165, 1.54) is 7.11 Å². The maximum atomic E-state index is 14.5.